The normalized spacial score (nSPS) is 8.00. The van der Waals surface area contributed by atoms with Gasteiger partial charge in [0, 0.05) is 5.92 Å². The molecule has 0 aliphatic carbocycles. The Morgan fingerprint density at radius 2 is 1.30 bits per heavy atom. The smallest absolute Gasteiger partial charge is 0.549 e. The Labute approximate surface area is 166 Å². The van der Waals surface area contributed by atoms with Crippen molar-refractivity contribution >= 4 is 11.9 Å². The number of carbonyl (C=O) groups excluding carboxylic acids is 2. The third-order valence-corrected chi connectivity index (χ3v) is 1.92. The maximum atomic E-state index is 10.3. The maximum Gasteiger partial charge on any atom is 1.00 e. The van der Waals surface area contributed by atoms with E-state index in [1.54, 1.807) is 0 Å². The first-order valence-corrected chi connectivity index (χ1v) is 5.51. The van der Waals surface area contributed by atoms with Crippen LogP contribution in [0.2, 0.25) is 0 Å². The molecule has 0 rings (SSSR count). The molecule has 0 amide bonds. The van der Waals surface area contributed by atoms with Gasteiger partial charge in [-0.05, 0) is 33.5 Å². The fourth-order valence-electron chi connectivity index (χ4n) is 1.11. The van der Waals surface area contributed by atoms with Crippen molar-refractivity contribution in [3.63, 3.8) is 0 Å². The Kier molecular flexibility index (Phi) is 39.5. The van der Waals surface area contributed by atoms with Crippen LogP contribution in [0.15, 0.2) is 26.3 Å². The second-order valence-electron chi connectivity index (χ2n) is 3.49. The van der Waals surface area contributed by atoms with Crippen LogP contribution in [0.1, 0.15) is 19.3 Å². The number of carboxylic acid groups (broad SMARTS) is 2. The third-order valence-electron chi connectivity index (χ3n) is 1.92. The van der Waals surface area contributed by atoms with Crippen molar-refractivity contribution < 1.29 is 78.9 Å². The zero-order valence-electron chi connectivity index (χ0n) is 13.3. The van der Waals surface area contributed by atoms with Gasteiger partial charge in [0.2, 0.25) is 0 Å². The van der Waals surface area contributed by atoms with E-state index < -0.39 is 17.9 Å². The molecule has 0 bridgehead atoms. The van der Waals surface area contributed by atoms with E-state index in [2.05, 4.69) is 26.3 Å². The molecule has 0 fully saturated rings. The monoisotopic (exact) mass is 303 g/mol. The molecule has 0 spiro atoms. The van der Waals surface area contributed by atoms with Crippen LogP contribution < -0.4 is 69.3 Å². The van der Waals surface area contributed by atoms with Crippen molar-refractivity contribution in [1.82, 2.24) is 4.90 Å². The molecule has 0 aromatic carbocycles. The van der Waals surface area contributed by atoms with Gasteiger partial charge < -0.3 is 24.7 Å². The summed E-state index contributed by atoms with van der Waals surface area (Å²) in [5, 5.41) is 20.7. The minimum atomic E-state index is -1.56. The van der Waals surface area contributed by atoms with E-state index in [1.807, 2.05) is 19.0 Å². The van der Waals surface area contributed by atoms with Gasteiger partial charge >= 0.3 is 59.1 Å². The molecule has 0 aliphatic rings. The fourth-order valence-corrected chi connectivity index (χ4v) is 1.11. The van der Waals surface area contributed by atoms with Crippen molar-refractivity contribution in [3.8, 4) is 0 Å². The summed E-state index contributed by atoms with van der Waals surface area (Å²) in [6.45, 7) is 12.8. The third kappa shape index (κ3) is 23.5. The Morgan fingerprint density at radius 1 is 0.950 bits per heavy atom. The largest absolute Gasteiger partial charge is 1.00 e. The van der Waals surface area contributed by atoms with Crippen LogP contribution in [0.4, 0.5) is 0 Å². The van der Waals surface area contributed by atoms with Gasteiger partial charge in [-0.2, -0.15) is 0 Å². The average molecular weight is 303 g/mol. The summed E-state index contributed by atoms with van der Waals surface area (Å²) in [4.78, 5) is 22.6. The predicted molar refractivity (Wildman–Crippen MR) is 68.4 cm³/mol. The Hall–Kier alpha value is 0.380. The molecule has 0 saturated heterocycles. The number of nitrogens with zero attached hydrogens (tertiary/aromatic N) is 1. The Morgan fingerprint density at radius 3 is 1.55 bits per heavy atom. The first-order chi connectivity index (χ1) is 8.45. The summed E-state index contributed by atoms with van der Waals surface area (Å²) in [7, 11) is 3.80. The summed E-state index contributed by atoms with van der Waals surface area (Å²) >= 11 is 0. The van der Waals surface area contributed by atoms with Crippen LogP contribution in [0.3, 0.4) is 0 Å². The second-order valence-corrected chi connectivity index (χ2v) is 3.49. The van der Waals surface area contributed by atoms with Gasteiger partial charge in [0.25, 0.3) is 0 Å². The van der Waals surface area contributed by atoms with Crippen LogP contribution >= 0.6 is 0 Å². The molecule has 0 unspecified atom stereocenters. The molecule has 0 aliphatic heterocycles. The van der Waals surface area contributed by atoms with E-state index in [-0.39, 0.29) is 65.5 Å². The van der Waals surface area contributed by atoms with E-state index in [0.717, 1.165) is 13.0 Å². The number of aliphatic carboxylic acids is 2. The summed E-state index contributed by atoms with van der Waals surface area (Å²) < 4.78 is 0. The Bertz CT molecular complexity index is 222. The van der Waals surface area contributed by atoms with Crippen molar-refractivity contribution in [2.75, 3.05) is 20.6 Å². The van der Waals surface area contributed by atoms with E-state index >= 15 is 0 Å². The molecular weight excluding hydrogens is 280 g/mol. The quantitative estimate of drug-likeness (QED) is 0.202. The standard InChI is InChI=1S/C9H17NO4.2C2H4.2Na/c1-10(2)6-4-3-5-7(8(11)12)9(13)14;2*1-2;;/h7H,3-6H2,1-2H3,(H,11,12)(H,13,14);2*1-2H2;;/q;;;2*+1/p-2. The zero-order chi connectivity index (χ0) is 15.1. The number of carbonyl (C=O) groups is 2. The van der Waals surface area contributed by atoms with Gasteiger partial charge in [-0.15, -0.1) is 26.3 Å². The van der Waals surface area contributed by atoms with Crippen LogP contribution in [0.25, 0.3) is 0 Å². The van der Waals surface area contributed by atoms with Crippen LogP contribution in [-0.2, 0) is 9.59 Å². The van der Waals surface area contributed by atoms with Crippen molar-refractivity contribution in [1.29, 1.82) is 0 Å². The Balaban J connectivity index is -0.000000114. The average Bonchev–Trinajstić information content (AvgIpc) is 2.32. The SMILES string of the molecule is C=C.C=C.CN(C)CCCCC(C(=O)[O-])C(=O)[O-].[Na+].[Na+]. The van der Waals surface area contributed by atoms with Gasteiger partial charge in [0.15, 0.2) is 0 Å². The van der Waals surface area contributed by atoms with E-state index in [1.165, 1.54) is 0 Å². The van der Waals surface area contributed by atoms with E-state index in [0.29, 0.717) is 6.42 Å². The molecule has 20 heavy (non-hydrogen) atoms. The molecular formula is C13H23NNa2O4. The minimum absolute atomic E-state index is 0. The summed E-state index contributed by atoms with van der Waals surface area (Å²) in [6.07, 6.45) is 1.40. The van der Waals surface area contributed by atoms with Gasteiger partial charge in [0.05, 0.1) is 11.9 Å². The molecule has 0 N–H and O–H groups in total. The van der Waals surface area contributed by atoms with Gasteiger partial charge in [-0.25, -0.2) is 0 Å². The molecule has 0 saturated carbocycles. The summed E-state index contributed by atoms with van der Waals surface area (Å²) in [6, 6.07) is 0. The number of rotatable bonds is 7. The summed E-state index contributed by atoms with van der Waals surface area (Å²) in [5.41, 5.74) is 0. The molecule has 0 radical (unpaired) electrons. The molecule has 0 aromatic heterocycles. The van der Waals surface area contributed by atoms with Crippen molar-refractivity contribution in [3.05, 3.63) is 26.3 Å². The summed E-state index contributed by atoms with van der Waals surface area (Å²) in [5.74, 6) is -4.60. The molecule has 0 heterocycles. The first-order valence-electron chi connectivity index (χ1n) is 5.51. The number of unbranched alkanes of at least 4 members (excludes halogenated alkanes) is 1. The molecule has 5 nitrogen and oxygen atoms in total. The van der Waals surface area contributed by atoms with Gasteiger partial charge in [-0.3, -0.25) is 0 Å². The fraction of sp³-hybridized carbons (Fsp3) is 0.538. The molecule has 7 heteroatoms. The topological polar surface area (TPSA) is 83.5 Å². The maximum absolute atomic E-state index is 10.3. The van der Waals surface area contributed by atoms with E-state index in [9.17, 15) is 19.8 Å². The molecule has 0 aromatic rings. The van der Waals surface area contributed by atoms with Gasteiger partial charge in [-0.1, -0.05) is 6.42 Å². The second kappa shape index (κ2) is 24.4. The zero-order valence-corrected chi connectivity index (χ0v) is 17.3. The van der Waals surface area contributed by atoms with Crippen molar-refractivity contribution in [2.45, 2.75) is 19.3 Å². The van der Waals surface area contributed by atoms with Crippen LogP contribution in [0.5, 0.6) is 0 Å². The van der Waals surface area contributed by atoms with E-state index in [4.69, 9.17) is 0 Å². The number of hydrogen-bond donors (Lipinski definition) is 0. The van der Waals surface area contributed by atoms with Crippen molar-refractivity contribution in [2.24, 2.45) is 5.92 Å². The first kappa shape index (κ1) is 32.4. The number of hydrogen-bond acceptors (Lipinski definition) is 5. The number of carboxylic acids is 2. The van der Waals surface area contributed by atoms with Crippen LogP contribution in [-0.4, -0.2) is 37.5 Å². The molecule has 0 atom stereocenters. The predicted octanol–water partition coefficient (Wildman–Crippen LogP) is -6.55. The minimum Gasteiger partial charge on any atom is -0.549 e. The molecule has 106 valence electrons. The van der Waals surface area contributed by atoms with Gasteiger partial charge in [0.1, 0.15) is 0 Å². The van der Waals surface area contributed by atoms with Crippen LogP contribution in [0, 0.1) is 5.92 Å².